The van der Waals surface area contributed by atoms with Gasteiger partial charge < -0.3 is 20.3 Å². The number of nitrogens with zero attached hydrogens (tertiary/aromatic N) is 3. The van der Waals surface area contributed by atoms with Gasteiger partial charge in [0.15, 0.2) is 5.96 Å². The van der Waals surface area contributed by atoms with Gasteiger partial charge in [-0.15, -0.1) is 0 Å². The Morgan fingerprint density at radius 1 is 1.33 bits per heavy atom. The molecule has 1 fully saturated rings. The van der Waals surface area contributed by atoms with E-state index in [1.54, 1.807) is 19.0 Å². The number of aliphatic imine (C=N–C) groups is 1. The smallest absolute Gasteiger partial charge is 0.243 e. The molecule has 0 saturated carbocycles. The van der Waals surface area contributed by atoms with Crippen LogP contribution in [0.15, 0.2) is 4.99 Å². The minimum atomic E-state index is -0.00645. The number of amides is 1. The maximum Gasteiger partial charge on any atom is 0.243 e. The van der Waals surface area contributed by atoms with Crippen molar-refractivity contribution in [2.24, 2.45) is 4.99 Å². The van der Waals surface area contributed by atoms with Gasteiger partial charge in [0.05, 0.1) is 13.2 Å². The van der Waals surface area contributed by atoms with Crippen molar-refractivity contribution in [2.75, 3.05) is 60.0 Å². The number of nitrogens with one attached hydrogen (secondary N) is 2. The first-order chi connectivity index (χ1) is 9.99. The summed E-state index contributed by atoms with van der Waals surface area (Å²) in [6, 6.07) is 0.272. The Bertz CT molecular complexity index is 338. The van der Waals surface area contributed by atoms with Crippen LogP contribution < -0.4 is 10.6 Å². The summed E-state index contributed by atoms with van der Waals surface area (Å²) < 4.78 is 5.33. The van der Waals surface area contributed by atoms with E-state index in [-0.39, 0.29) is 18.5 Å². The molecule has 7 nitrogen and oxygen atoms in total. The highest BCUT2D eigenvalue weighted by Crippen LogP contribution is 1.94. The second-order valence-electron chi connectivity index (χ2n) is 5.63. The summed E-state index contributed by atoms with van der Waals surface area (Å²) in [6.45, 7) is 9.58. The molecular formula is C14H29N5O2. The number of carbonyl (C=O) groups excluding carboxylic acids is 1. The molecule has 0 aliphatic carbocycles. The van der Waals surface area contributed by atoms with E-state index < -0.39 is 0 Å². The second kappa shape index (κ2) is 9.57. The van der Waals surface area contributed by atoms with Gasteiger partial charge in [0.1, 0.15) is 6.54 Å². The zero-order valence-electron chi connectivity index (χ0n) is 13.7. The molecule has 2 N–H and O–H groups in total. The number of ether oxygens (including phenoxy) is 1. The van der Waals surface area contributed by atoms with Crippen LogP contribution in [-0.2, 0) is 9.53 Å². The number of rotatable bonds is 6. The van der Waals surface area contributed by atoms with Crippen LogP contribution in [-0.4, -0.2) is 87.7 Å². The van der Waals surface area contributed by atoms with Crippen LogP contribution in [0.4, 0.5) is 0 Å². The molecule has 0 spiro atoms. The van der Waals surface area contributed by atoms with Crippen molar-refractivity contribution in [3.63, 3.8) is 0 Å². The van der Waals surface area contributed by atoms with Gasteiger partial charge in [0.2, 0.25) is 5.91 Å². The molecule has 1 heterocycles. The molecule has 1 aliphatic heterocycles. The molecule has 1 aliphatic rings. The average Bonchev–Trinajstić information content (AvgIpc) is 2.44. The summed E-state index contributed by atoms with van der Waals surface area (Å²) in [5, 5.41) is 6.52. The number of hydrogen-bond donors (Lipinski definition) is 2. The largest absolute Gasteiger partial charge is 0.379 e. The van der Waals surface area contributed by atoms with Crippen LogP contribution in [0.1, 0.15) is 13.8 Å². The first kappa shape index (κ1) is 17.7. The standard InChI is InChI=1S/C14H29N5O2/c1-12(2)17-14(16-11-13(20)18(3)4)15-5-6-19-7-9-21-10-8-19/h12H,5-11H2,1-4H3,(H2,15,16,17). The minimum Gasteiger partial charge on any atom is -0.379 e. The van der Waals surface area contributed by atoms with Crippen molar-refractivity contribution in [1.29, 1.82) is 0 Å². The third-order valence-corrected chi connectivity index (χ3v) is 3.12. The Labute approximate surface area is 127 Å². The summed E-state index contributed by atoms with van der Waals surface area (Å²) in [5.74, 6) is 0.682. The van der Waals surface area contributed by atoms with E-state index in [0.717, 1.165) is 39.4 Å². The van der Waals surface area contributed by atoms with Gasteiger partial charge in [-0.3, -0.25) is 9.69 Å². The van der Waals surface area contributed by atoms with Gasteiger partial charge in [-0.1, -0.05) is 0 Å². The molecule has 7 heteroatoms. The van der Waals surface area contributed by atoms with Crippen LogP contribution in [0.25, 0.3) is 0 Å². The molecule has 0 unspecified atom stereocenters. The van der Waals surface area contributed by atoms with Gasteiger partial charge in [-0.05, 0) is 13.8 Å². The Balaban J connectivity index is 2.37. The lowest BCUT2D eigenvalue weighted by molar-refractivity contribution is -0.127. The predicted molar refractivity (Wildman–Crippen MR) is 84.5 cm³/mol. The summed E-state index contributed by atoms with van der Waals surface area (Å²) in [6.07, 6.45) is 0. The van der Waals surface area contributed by atoms with Crippen LogP contribution in [0, 0.1) is 0 Å². The van der Waals surface area contributed by atoms with Crippen LogP contribution in [0.5, 0.6) is 0 Å². The van der Waals surface area contributed by atoms with Crippen molar-refractivity contribution >= 4 is 11.9 Å². The highest BCUT2D eigenvalue weighted by molar-refractivity contribution is 5.84. The number of carbonyl (C=O) groups is 1. The lowest BCUT2D eigenvalue weighted by Gasteiger charge is -2.27. The SMILES string of the molecule is CC(C)NC(=NCC(=O)N(C)C)NCCN1CCOCC1. The highest BCUT2D eigenvalue weighted by atomic mass is 16.5. The van der Waals surface area contributed by atoms with Crippen molar-refractivity contribution in [3.05, 3.63) is 0 Å². The maximum atomic E-state index is 11.6. The fourth-order valence-corrected chi connectivity index (χ4v) is 1.87. The Morgan fingerprint density at radius 2 is 2.00 bits per heavy atom. The predicted octanol–water partition coefficient (Wildman–Crippen LogP) is -0.650. The van der Waals surface area contributed by atoms with Crippen molar-refractivity contribution in [2.45, 2.75) is 19.9 Å². The molecular weight excluding hydrogens is 270 g/mol. The van der Waals surface area contributed by atoms with E-state index in [1.165, 1.54) is 0 Å². The van der Waals surface area contributed by atoms with Crippen LogP contribution >= 0.6 is 0 Å². The van der Waals surface area contributed by atoms with E-state index in [2.05, 4.69) is 20.5 Å². The number of guanidine groups is 1. The second-order valence-corrected chi connectivity index (χ2v) is 5.63. The third kappa shape index (κ3) is 7.87. The summed E-state index contributed by atoms with van der Waals surface area (Å²) in [5.41, 5.74) is 0. The molecule has 122 valence electrons. The van der Waals surface area contributed by atoms with E-state index in [1.807, 2.05) is 13.8 Å². The molecule has 1 saturated heterocycles. The average molecular weight is 299 g/mol. The molecule has 0 atom stereocenters. The maximum absolute atomic E-state index is 11.6. The van der Waals surface area contributed by atoms with Crippen LogP contribution in [0.3, 0.4) is 0 Å². The summed E-state index contributed by atoms with van der Waals surface area (Å²) in [4.78, 5) is 19.8. The molecule has 0 aromatic carbocycles. The van der Waals surface area contributed by atoms with Gasteiger partial charge in [0.25, 0.3) is 0 Å². The fraction of sp³-hybridized carbons (Fsp3) is 0.857. The first-order valence-corrected chi connectivity index (χ1v) is 7.54. The molecule has 0 aromatic rings. The monoisotopic (exact) mass is 299 g/mol. The van der Waals surface area contributed by atoms with E-state index in [0.29, 0.717) is 5.96 Å². The number of hydrogen-bond acceptors (Lipinski definition) is 4. The van der Waals surface area contributed by atoms with Gasteiger partial charge in [-0.2, -0.15) is 0 Å². The normalized spacial score (nSPS) is 16.9. The van der Waals surface area contributed by atoms with E-state index in [4.69, 9.17) is 4.74 Å². The Morgan fingerprint density at radius 3 is 2.57 bits per heavy atom. The minimum absolute atomic E-state index is 0.00645. The zero-order chi connectivity index (χ0) is 15.7. The Hall–Kier alpha value is -1.34. The van der Waals surface area contributed by atoms with E-state index >= 15 is 0 Å². The highest BCUT2D eigenvalue weighted by Gasteiger charge is 2.10. The summed E-state index contributed by atoms with van der Waals surface area (Å²) >= 11 is 0. The first-order valence-electron chi connectivity index (χ1n) is 7.54. The molecule has 1 rings (SSSR count). The molecule has 1 amide bonds. The molecule has 0 bridgehead atoms. The Kier molecular flexibility index (Phi) is 8.07. The topological polar surface area (TPSA) is 69.2 Å². The molecule has 0 radical (unpaired) electrons. The van der Waals surface area contributed by atoms with Crippen LogP contribution in [0.2, 0.25) is 0 Å². The molecule has 0 aromatic heterocycles. The van der Waals surface area contributed by atoms with Gasteiger partial charge in [-0.25, -0.2) is 4.99 Å². The third-order valence-electron chi connectivity index (χ3n) is 3.12. The number of likely N-dealkylation sites (N-methyl/N-ethyl adjacent to an activating group) is 1. The van der Waals surface area contributed by atoms with Gasteiger partial charge in [0, 0.05) is 46.3 Å². The zero-order valence-corrected chi connectivity index (χ0v) is 13.7. The van der Waals surface area contributed by atoms with E-state index in [9.17, 15) is 4.79 Å². The van der Waals surface area contributed by atoms with Crippen molar-refractivity contribution in [3.8, 4) is 0 Å². The summed E-state index contributed by atoms with van der Waals surface area (Å²) in [7, 11) is 3.47. The lowest BCUT2D eigenvalue weighted by atomic mass is 10.4. The van der Waals surface area contributed by atoms with Crippen molar-refractivity contribution < 1.29 is 9.53 Å². The number of morpholine rings is 1. The fourth-order valence-electron chi connectivity index (χ4n) is 1.87. The van der Waals surface area contributed by atoms with Gasteiger partial charge >= 0.3 is 0 Å². The molecule has 21 heavy (non-hydrogen) atoms. The van der Waals surface area contributed by atoms with Crippen molar-refractivity contribution in [1.82, 2.24) is 20.4 Å². The quantitative estimate of drug-likeness (QED) is 0.504. The lowest BCUT2D eigenvalue weighted by Crippen LogP contribution is -2.46.